The van der Waals surface area contributed by atoms with E-state index in [1.54, 1.807) is 12.1 Å². The molecule has 0 aromatic heterocycles. The minimum Gasteiger partial charge on any atom is -0.481 e. The van der Waals surface area contributed by atoms with Gasteiger partial charge in [-0.15, -0.1) is 11.8 Å². The van der Waals surface area contributed by atoms with Crippen LogP contribution in [-0.4, -0.2) is 22.7 Å². The van der Waals surface area contributed by atoms with Gasteiger partial charge >= 0.3 is 5.97 Å². The number of hydrogen-bond donors (Lipinski definition) is 2. The van der Waals surface area contributed by atoms with Crippen molar-refractivity contribution < 1.29 is 19.1 Å². The van der Waals surface area contributed by atoms with E-state index in [1.165, 1.54) is 23.9 Å². The number of rotatable bonds is 8. The minimum absolute atomic E-state index is 0.165. The summed E-state index contributed by atoms with van der Waals surface area (Å²) in [5.41, 5.74) is 1.75. The van der Waals surface area contributed by atoms with Crippen molar-refractivity contribution in [2.24, 2.45) is 0 Å². The van der Waals surface area contributed by atoms with E-state index in [2.05, 4.69) is 5.32 Å². The van der Waals surface area contributed by atoms with Crippen molar-refractivity contribution in [2.45, 2.75) is 30.7 Å². The van der Waals surface area contributed by atoms with Gasteiger partial charge in [0.2, 0.25) is 5.91 Å². The standard InChI is InChI=1S/C19H20FNO3S/c1-13-4-2-3-5-16(13)17(12-19(23)24)21-18(22)10-11-25-15-8-6-14(20)7-9-15/h2-9,17H,10-12H2,1H3,(H,21,22)(H,23,24). The van der Waals surface area contributed by atoms with Gasteiger partial charge in [0.15, 0.2) is 0 Å². The zero-order valence-electron chi connectivity index (χ0n) is 13.9. The number of halogens is 1. The van der Waals surface area contributed by atoms with Gasteiger partial charge in [-0.2, -0.15) is 0 Å². The molecular formula is C19H20FNO3S. The number of benzene rings is 2. The molecule has 132 valence electrons. The summed E-state index contributed by atoms with van der Waals surface area (Å²) in [4.78, 5) is 24.2. The fourth-order valence-corrected chi connectivity index (χ4v) is 3.30. The molecule has 0 aliphatic rings. The number of hydrogen-bond acceptors (Lipinski definition) is 3. The van der Waals surface area contributed by atoms with Crippen molar-refractivity contribution in [2.75, 3.05) is 5.75 Å². The molecule has 0 heterocycles. The summed E-state index contributed by atoms with van der Waals surface area (Å²) in [7, 11) is 0. The van der Waals surface area contributed by atoms with Crippen LogP contribution in [0.15, 0.2) is 53.4 Å². The molecule has 2 aromatic carbocycles. The molecule has 0 radical (unpaired) electrons. The lowest BCUT2D eigenvalue weighted by Crippen LogP contribution is -2.30. The second kappa shape index (κ2) is 9.22. The minimum atomic E-state index is -0.964. The summed E-state index contributed by atoms with van der Waals surface area (Å²) < 4.78 is 12.9. The Kier molecular flexibility index (Phi) is 7.01. The number of amides is 1. The third-order valence-corrected chi connectivity index (χ3v) is 4.70. The fourth-order valence-electron chi connectivity index (χ4n) is 2.45. The average Bonchev–Trinajstić information content (AvgIpc) is 2.56. The third-order valence-electron chi connectivity index (χ3n) is 3.69. The molecule has 0 saturated heterocycles. The predicted octanol–water partition coefficient (Wildman–Crippen LogP) is 3.95. The molecule has 0 spiro atoms. The SMILES string of the molecule is Cc1ccccc1C(CC(=O)O)NC(=O)CCSc1ccc(F)cc1. The van der Waals surface area contributed by atoms with E-state index >= 15 is 0 Å². The molecule has 0 aliphatic carbocycles. The van der Waals surface area contributed by atoms with Gasteiger partial charge in [0.1, 0.15) is 5.82 Å². The first-order chi connectivity index (χ1) is 12.0. The second-order valence-electron chi connectivity index (χ2n) is 5.63. The Morgan fingerprint density at radius 2 is 1.84 bits per heavy atom. The molecule has 0 saturated carbocycles. The van der Waals surface area contributed by atoms with E-state index in [9.17, 15) is 14.0 Å². The molecule has 0 aliphatic heterocycles. The maximum absolute atomic E-state index is 12.9. The van der Waals surface area contributed by atoms with Gasteiger partial charge in [-0.05, 0) is 42.3 Å². The first-order valence-corrected chi connectivity index (χ1v) is 8.89. The fraction of sp³-hybridized carbons (Fsp3) is 0.263. The van der Waals surface area contributed by atoms with Gasteiger partial charge in [0, 0.05) is 17.1 Å². The summed E-state index contributed by atoms with van der Waals surface area (Å²) in [5.74, 6) is -0.930. The Labute approximate surface area is 150 Å². The van der Waals surface area contributed by atoms with Gasteiger partial charge in [-0.3, -0.25) is 9.59 Å². The van der Waals surface area contributed by atoms with Crippen molar-refractivity contribution >= 4 is 23.6 Å². The highest BCUT2D eigenvalue weighted by molar-refractivity contribution is 7.99. The Morgan fingerprint density at radius 3 is 2.48 bits per heavy atom. The molecule has 4 nitrogen and oxygen atoms in total. The predicted molar refractivity (Wildman–Crippen MR) is 96.1 cm³/mol. The van der Waals surface area contributed by atoms with Crippen LogP contribution in [0.25, 0.3) is 0 Å². The highest BCUT2D eigenvalue weighted by Crippen LogP contribution is 2.22. The van der Waals surface area contributed by atoms with Gasteiger partial charge in [-0.25, -0.2) is 4.39 Å². The summed E-state index contributed by atoms with van der Waals surface area (Å²) in [5, 5.41) is 11.9. The van der Waals surface area contributed by atoms with E-state index in [1.807, 2.05) is 31.2 Å². The molecule has 25 heavy (non-hydrogen) atoms. The van der Waals surface area contributed by atoms with Crippen molar-refractivity contribution in [3.8, 4) is 0 Å². The van der Waals surface area contributed by atoms with Crippen LogP contribution in [0.1, 0.15) is 30.0 Å². The molecule has 2 N–H and O–H groups in total. The van der Waals surface area contributed by atoms with Crippen LogP contribution in [0.4, 0.5) is 4.39 Å². The van der Waals surface area contributed by atoms with E-state index < -0.39 is 12.0 Å². The van der Waals surface area contributed by atoms with Gasteiger partial charge in [0.05, 0.1) is 12.5 Å². The summed E-state index contributed by atoms with van der Waals surface area (Å²) in [6, 6.07) is 13.0. The van der Waals surface area contributed by atoms with Crippen molar-refractivity contribution in [3.05, 3.63) is 65.5 Å². The maximum atomic E-state index is 12.9. The van der Waals surface area contributed by atoms with E-state index in [0.717, 1.165) is 16.0 Å². The van der Waals surface area contributed by atoms with Crippen molar-refractivity contribution in [3.63, 3.8) is 0 Å². The largest absolute Gasteiger partial charge is 0.481 e. The van der Waals surface area contributed by atoms with Gasteiger partial charge in [-0.1, -0.05) is 24.3 Å². The molecule has 1 unspecified atom stereocenters. The summed E-state index contributed by atoms with van der Waals surface area (Å²) in [6.07, 6.45) is 0.0890. The van der Waals surface area contributed by atoms with Crippen LogP contribution >= 0.6 is 11.8 Å². The first kappa shape index (κ1) is 19.0. The zero-order chi connectivity index (χ0) is 18.2. The smallest absolute Gasteiger partial charge is 0.305 e. The number of thioether (sulfide) groups is 1. The second-order valence-corrected chi connectivity index (χ2v) is 6.80. The maximum Gasteiger partial charge on any atom is 0.305 e. The van der Waals surface area contributed by atoms with E-state index in [0.29, 0.717) is 5.75 Å². The normalized spacial score (nSPS) is 11.8. The molecule has 2 rings (SSSR count). The molecule has 6 heteroatoms. The summed E-state index contributed by atoms with van der Waals surface area (Å²) >= 11 is 1.45. The first-order valence-electron chi connectivity index (χ1n) is 7.91. The number of carbonyl (C=O) groups excluding carboxylic acids is 1. The van der Waals surface area contributed by atoms with Crippen LogP contribution < -0.4 is 5.32 Å². The lowest BCUT2D eigenvalue weighted by atomic mass is 9.98. The number of aryl methyl sites for hydroxylation is 1. The van der Waals surface area contributed by atoms with Crippen LogP contribution in [-0.2, 0) is 9.59 Å². The highest BCUT2D eigenvalue weighted by atomic mass is 32.2. The quantitative estimate of drug-likeness (QED) is 0.699. The van der Waals surface area contributed by atoms with Crippen LogP contribution in [0, 0.1) is 12.7 Å². The number of carboxylic acid groups (broad SMARTS) is 1. The highest BCUT2D eigenvalue weighted by Gasteiger charge is 2.19. The number of carbonyl (C=O) groups is 2. The zero-order valence-corrected chi connectivity index (χ0v) is 14.7. The van der Waals surface area contributed by atoms with Gasteiger partial charge < -0.3 is 10.4 Å². The van der Waals surface area contributed by atoms with Crippen LogP contribution in [0.5, 0.6) is 0 Å². The van der Waals surface area contributed by atoms with E-state index in [4.69, 9.17) is 5.11 Å². The number of nitrogens with one attached hydrogen (secondary N) is 1. The third kappa shape index (κ3) is 6.23. The Morgan fingerprint density at radius 1 is 1.16 bits per heavy atom. The lowest BCUT2D eigenvalue weighted by Gasteiger charge is -2.19. The lowest BCUT2D eigenvalue weighted by molar-refractivity contribution is -0.137. The molecule has 2 aromatic rings. The topological polar surface area (TPSA) is 66.4 Å². The number of carboxylic acids is 1. The summed E-state index contributed by atoms with van der Waals surface area (Å²) in [6.45, 7) is 1.89. The van der Waals surface area contributed by atoms with Crippen LogP contribution in [0.2, 0.25) is 0 Å². The molecule has 1 amide bonds. The molecule has 1 atom stereocenters. The van der Waals surface area contributed by atoms with Crippen molar-refractivity contribution in [1.29, 1.82) is 0 Å². The Balaban J connectivity index is 1.91. The number of aliphatic carboxylic acids is 1. The molecular weight excluding hydrogens is 341 g/mol. The van der Waals surface area contributed by atoms with E-state index in [-0.39, 0.29) is 24.6 Å². The molecule has 0 fully saturated rings. The molecule has 0 bridgehead atoms. The monoisotopic (exact) mass is 361 g/mol. The van der Waals surface area contributed by atoms with Crippen LogP contribution in [0.3, 0.4) is 0 Å². The van der Waals surface area contributed by atoms with Gasteiger partial charge in [0.25, 0.3) is 0 Å². The average molecular weight is 361 g/mol. The Bertz CT molecular complexity index is 734. The Hall–Kier alpha value is -2.34. The van der Waals surface area contributed by atoms with Crippen molar-refractivity contribution in [1.82, 2.24) is 5.32 Å².